The van der Waals surface area contributed by atoms with Gasteiger partial charge in [-0.2, -0.15) is 0 Å². The normalized spacial score (nSPS) is 12.9. The summed E-state index contributed by atoms with van der Waals surface area (Å²) in [5.41, 5.74) is 1.32. The number of nitrogens with one attached hydrogen (secondary N) is 1. The molecule has 7 heteroatoms. The molecule has 162 valence electrons. The van der Waals surface area contributed by atoms with Gasteiger partial charge in [0.2, 0.25) is 11.8 Å². The number of amides is 2. The summed E-state index contributed by atoms with van der Waals surface area (Å²) in [5.74, 6) is -0.409. The zero-order valence-corrected chi connectivity index (χ0v) is 19.7. The van der Waals surface area contributed by atoms with Crippen LogP contribution >= 0.6 is 34.8 Å². The van der Waals surface area contributed by atoms with Crippen LogP contribution < -0.4 is 5.32 Å². The van der Waals surface area contributed by atoms with Crippen molar-refractivity contribution in [2.75, 3.05) is 0 Å². The molecule has 0 aliphatic heterocycles. The summed E-state index contributed by atoms with van der Waals surface area (Å²) in [5, 5.41) is 4.40. The Kier molecular flexibility index (Phi) is 9.47. The maximum Gasteiger partial charge on any atom is 0.243 e. The van der Waals surface area contributed by atoms with Crippen molar-refractivity contribution in [3.63, 3.8) is 0 Å². The monoisotopic (exact) mass is 468 g/mol. The van der Waals surface area contributed by atoms with Gasteiger partial charge in [-0.1, -0.05) is 72.9 Å². The van der Waals surface area contributed by atoms with Crippen molar-refractivity contribution >= 4 is 46.6 Å². The lowest BCUT2D eigenvalue weighted by Gasteiger charge is -2.32. The van der Waals surface area contributed by atoms with Crippen molar-refractivity contribution in [2.45, 2.75) is 58.7 Å². The molecule has 0 aliphatic carbocycles. The van der Waals surface area contributed by atoms with E-state index in [0.29, 0.717) is 32.6 Å². The van der Waals surface area contributed by atoms with Crippen LogP contribution in [-0.4, -0.2) is 28.8 Å². The van der Waals surface area contributed by atoms with Crippen LogP contribution in [0.2, 0.25) is 15.1 Å². The first-order chi connectivity index (χ1) is 14.3. The Morgan fingerprint density at radius 3 is 2.10 bits per heavy atom. The van der Waals surface area contributed by atoms with E-state index in [1.54, 1.807) is 35.2 Å². The number of hydrogen-bond acceptors (Lipinski definition) is 2. The molecule has 0 bridgehead atoms. The van der Waals surface area contributed by atoms with E-state index in [9.17, 15) is 9.59 Å². The van der Waals surface area contributed by atoms with Gasteiger partial charge in [0.1, 0.15) is 6.04 Å². The van der Waals surface area contributed by atoms with Gasteiger partial charge in [0.15, 0.2) is 0 Å². The topological polar surface area (TPSA) is 49.4 Å². The number of halogens is 3. The van der Waals surface area contributed by atoms with Gasteiger partial charge in [-0.15, -0.1) is 0 Å². The summed E-state index contributed by atoms with van der Waals surface area (Å²) in [6.07, 6.45) is 1.33. The first kappa shape index (κ1) is 24.5. The first-order valence-corrected chi connectivity index (χ1v) is 11.2. The highest BCUT2D eigenvalue weighted by molar-refractivity contribution is 6.36. The predicted molar refractivity (Wildman–Crippen MR) is 124 cm³/mol. The number of carbonyl (C=O) groups is 2. The zero-order chi connectivity index (χ0) is 22.3. The van der Waals surface area contributed by atoms with Gasteiger partial charge >= 0.3 is 0 Å². The Morgan fingerprint density at radius 1 is 0.933 bits per heavy atom. The predicted octanol–water partition coefficient (Wildman–Crippen LogP) is 5.91. The van der Waals surface area contributed by atoms with Crippen LogP contribution in [0.4, 0.5) is 0 Å². The smallest absolute Gasteiger partial charge is 0.243 e. The molecule has 0 unspecified atom stereocenters. The molecule has 0 heterocycles. The molecule has 2 aromatic carbocycles. The third-order valence-corrected chi connectivity index (χ3v) is 6.15. The number of hydrogen-bond donors (Lipinski definition) is 1. The number of benzene rings is 2. The molecule has 1 N–H and O–H groups in total. The summed E-state index contributed by atoms with van der Waals surface area (Å²) in [6.45, 7) is 5.94. The van der Waals surface area contributed by atoms with Crippen LogP contribution in [-0.2, 0) is 22.6 Å². The molecule has 2 aromatic rings. The van der Waals surface area contributed by atoms with Crippen molar-refractivity contribution in [3.05, 3.63) is 68.7 Å². The van der Waals surface area contributed by atoms with Crippen LogP contribution in [0, 0.1) is 0 Å². The zero-order valence-electron chi connectivity index (χ0n) is 17.4. The molecule has 2 rings (SSSR count). The van der Waals surface area contributed by atoms with Crippen LogP contribution in [0.25, 0.3) is 0 Å². The lowest BCUT2D eigenvalue weighted by Crippen LogP contribution is -2.51. The van der Waals surface area contributed by atoms with Gasteiger partial charge in [0.25, 0.3) is 0 Å². The molecule has 0 radical (unpaired) electrons. The minimum Gasteiger partial charge on any atom is -0.352 e. The van der Waals surface area contributed by atoms with Gasteiger partial charge in [0, 0.05) is 33.2 Å². The lowest BCUT2D eigenvalue weighted by molar-refractivity contribution is -0.141. The highest BCUT2D eigenvalue weighted by atomic mass is 35.5. The Hall–Kier alpha value is -1.75. The fourth-order valence-corrected chi connectivity index (χ4v) is 3.84. The standard InChI is InChI=1S/C23H27Cl3N2O2/c1-4-15(3)27-23(30)21(5-2)28(14-17-19(25)11-8-12-20(17)26)22(29)13-16-9-6-7-10-18(16)24/h6-12,15,21H,4-5,13-14H2,1-3H3,(H,27,30)/t15-,21-/m1/s1. The SMILES string of the molecule is CC[C@@H](C)NC(=O)[C@@H](CC)N(Cc1c(Cl)cccc1Cl)C(=O)Cc1ccccc1Cl. The summed E-state index contributed by atoms with van der Waals surface area (Å²) in [4.78, 5) is 27.9. The Labute approximate surface area is 193 Å². The summed E-state index contributed by atoms with van der Waals surface area (Å²) in [6, 6.07) is 11.7. The molecule has 2 amide bonds. The van der Waals surface area contributed by atoms with E-state index in [1.165, 1.54) is 0 Å². The highest BCUT2D eigenvalue weighted by Gasteiger charge is 2.30. The number of carbonyl (C=O) groups excluding carboxylic acids is 2. The van der Waals surface area contributed by atoms with E-state index < -0.39 is 6.04 Å². The second-order valence-electron chi connectivity index (χ2n) is 7.23. The van der Waals surface area contributed by atoms with Gasteiger partial charge in [-0.3, -0.25) is 9.59 Å². The van der Waals surface area contributed by atoms with Gasteiger partial charge in [0.05, 0.1) is 6.42 Å². The van der Waals surface area contributed by atoms with E-state index in [4.69, 9.17) is 34.8 Å². The third kappa shape index (κ3) is 6.37. The van der Waals surface area contributed by atoms with E-state index >= 15 is 0 Å². The number of nitrogens with zero attached hydrogens (tertiary/aromatic N) is 1. The first-order valence-electron chi connectivity index (χ1n) is 10.0. The highest BCUT2D eigenvalue weighted by Crippen LogP contribution is 2.27. The molecule has 0 saturated heterocycles. The molecule has 0 spiro atoms. The fraction of sp³-hybridized carbons (Fsp3) is 0.391. The molecule has 0 aromatic heterocycles. The average Bonchev–Trinajstić information content (AvgIpc) is 2.71. The maximum atomic E-state index is 13.4. The molecule has 30 heavy (non-hydrogen) atoms. The van der Waals surface area contributed by atoms with Crippen LogP contribution in [0.3, 0.4) is 0 Å². The van der Waals surface area contributed by atoms with Gasteiger partial charge in [-0.25, -0.2) is 0 Å². The van der Waals surface area contributed by atoms with Crippen LogP contribution in [0.1, 0.15) is 44.7 Å². The fourth-order valence-electron chi connectivity index (χ4n) is 3.12. The Morgan fingerprint density at radius 2 is 1.53 bits per heavy atom. The van der Waals surface area contributed by atoms with Crippen LogP contribution in [0.5, 0.6) is 0 Å². The van der Waals surface area contributed by atoms with Gasteiger partial charge in [-0.05, 0) is 43.5 Å². The second kappa shape index (κ2) is 11.6. The molecule has 0 aliphatic rings. The van der Waals surface area contributed by atoms with Gasteiger partial charge < -0.3 is 10.2 Å². The minimum absolute atomic E-state index is 0.0102. The van der Waals surface area contributed by atoms with Crippen molar-refractivity contribution in [2.24, 2.45) is 0 Å². The van der Waals surface area contributed by atoms with Crippen molar-refractivity contribution in [1.29, 1.82) is 0 Å². The average molecular weight is 470 g/mol. The second-order valence-corrected chi connectivity index (χ2v) is 8.45. The molecular formula is C23H27Cl3N2O2. The minimum atomic E-state index is -0.652. The molecule has 0 fully saturated rings. The van der Waals surface area contributed by atoms with Crippen molar-refractivity contribution in [1.82, 2.24) is 10.2 Å². The largest absolute Gasteiger partial charge is 0.352 e. The molecule has 4 nitrogen and oxygen atoms in total. The molecular weight excluding hydrogens is 443 g/mol. The summed E-state index contributed by atoms with van der Waals surface area (Å²) >= 11 is 19.0. The quantitative estimate of drug-likeness (QED) is 0.496. The molecule has 2 atom stereocenters. The summed E-state index contributed by atoms with van der Waals surface area (Å²) in [7, 11) is 0. The van der Waals surface area contributed by atoms with E-state index in [0.717, 1.165) is 6.42 Å². The Bertz CT molecular complexity index is 868. The van der Waals surface area contributed by atoms with E-state index in [-0.39, 0.29) is 30.8 Å². The Balaban J connectivity index is 2.38. The molecule has 0 saturated carbocycles. The van der Waals surface area contributed by atoms with E-state index in [1.807, 2.05) is 32.9 Å². The van der Waals surface area contributed by atoms with E-state index in [2.05, 4.69) is 5.32 Å². The van der Waals surface area contributed by atoms with Crippen molar-refractivity contribution < 1.29 is 9.59 Å². The van der Waals surface area contributed by atoms with Crippen molar-refractivity contribution in [3.8, 4) is 0 Å². The lowest BCUT2D eigenvalue weighted by atomic mass is 10.1. The summed E-state index contributed by atoms with van der Waals surface area (Å²) < 4.78 is 0. The maximum absolute atomic E-state index is 13.4. The van der Waals surface area contributed by atoms with Crippen LogP contribution in [0.15, 0.2) is 42.5 Å². The third-order valence-electron chi connectivity index (χ3n) is 5.08. The number of rotatable bonds is 9.